The van der Waals surface area contributed by atoms with Gasteiger partial charge in [0.1, 0.15) is 10.5 Å². The number of aliphatic hydroxyl groups is 1. The number of carbonyl (C=O) groups is 1. The normalized spacial score (nSPS) is 19.8. The van der Waals surface area contributed by atoms with Gasteiger partial charge in [-0.2, -0.15) is 0 Å². The number of amides is 1. The number of allylic oxidation sites excluding steroid dienone is 5. The van der Waals surface area contributed by atoms with Crippen molar-refractivity contribution < 1.29 is 28.2 Å². The summed E-state index contributed by atoms with van der Waals surface area (Å²) in [7, 11) is -4.14. The monoisotopic (exact) mass is 567 g/mol. The Hall–Kier alpha value is -2.69. The van der Waals surface area contributed by atoms with Gasteiger partial charge in [-0.15, -0.1) is 0 Å². The van der Waals surface area contributed by atoms with E-state index in [1.165, 1.54) is 17.0 Å². The van der Waals surface area contributed by atoms with E-state index in [2.05, 4.69) is 10.6 Å². The summed E-state index contributed by atoms with van der Waals surface area (Å²) in [5.74, 6) is -0.591. The van der Waals surface area contributed by atoms with E-state index >= 15 is 0 Å². The second kappa shape index (κ2) is 12.0. The summed E-state index contributed by atoms with van der Waals surface area (Å²) >= 11 is 6.28. The predicted molar refractivity (Wildman–Crippen MR) is 149 cm³/mol. The van der Waals surface area contributed by atoms with Crippen LogP contribution in [-0.2, 0) is 14.6 Å². The summed E-state index contributed by atoms with van der Waals surface area (Å²) < 4.78 is 32.7. The number of phenols is 1. The van der Waals surface area contributed by atoms with Crippen molar-refractivity contribution in [1.29, 1.82) is 0 Å². The molecule has 0 radical (unpaired) electrons. The second-order valence-electron chi connectivity index (χ2n) is 10.5. The molecule has 1 aromatic rings. The number of nitrogens with zero attached hydrogens (tertiary/aromatic N) is 1. The molecule has 1 unspecified atom stereocenters. The van der Waals surface area contributed by atoms with Crippen LogP contribution in [0.15, 0.2) is 52.1 Å². The lowest BCUT2D eigenvalue weighted by Crippen LogP contribution is -2.47. The molecule has 1 fully saturated rings. The van der Waals surface area contributed by atoms with Crippen LogP contribution in [0.5, 0.6) is 5.75 Å². The SMILES string of the molecule is C/C=C\C1=C(C)C(NC(O)Nc2ccc(Cl)c(S(=O)(=O)[C@H]3CCCN(C(=O)OC(C)(C)C)C3)c2O)=CCC1. The van der Waals surface area contributed by atoms with E-state index in [0.29, 0.717) is 19.4 Å². The molecule has 9 nitrogen and oxygen atoms in total. The molecule has 1 aliphatic carbocycles. The number of likely N-dealkylation sites (tertiary alicyclic amines) is 1. The summed E-state index contributed by atoms with van der Waals surface area (Å²) in [5.41, 5.74) is 2.18. The molecular weight excluding hydrogens is 530 g/mol. The van der Waals surface area contributed by atoms with Gasteiger partial charge >= 0.3 is 6.09 Å². The second-order valence-corrected chi connectivity index (χ2v) is 13.1. The lowest BCUT2D eigenvalue weighted by molar-refractivity contribution is 0.0219. The van der Waals surface area contributed by atoms with E-state index in [4.69, 9.17) is 16.3 Å². The van der Waals surface area contributed by atoms with Gasteiger partial charge in [-0.3, -0.25) is 0 Å². The number of hydrogen-bond donors (Lipinski definition) is 4. The van der Waals surface area contributed by atoms with Crippen LogP contribution in [0.4, 0.5) is 10.5 Å². The fraction of sp³-hybridized carbons (Fsp3) is 0.519. The maximum absolute atomic E-state index is 13.6. The minimum atomic E-state index is -4.14. The first kappa shape index (κ1) is 29.9. The number of anilines is 1. The molecule has 0 spiro atoms. The lowest BCUT2D eigenvalue weighted by atomic mass is 9.95. The average Bonchev–Trinajstić information content (AvgIpc) is 2.82. The largest absolute Gasteiger partial charge is 0.504 e. The van der Waals surface area contributed by atoms with Crippen molar-refractivity contribution in [2.45, 2.75) is 82.4 Å². The molecule has 210 valence electrons. The Morgan fingerprint density at radius 3 is 2.66 bits per heavy atom. The Morgan fingerprint density at radius 1 is 1.29 bits per heavy atom. The molecule has 2 aliphatic rings. The number of piperidine rings is 1. The zero-order valence-electron chi connectivity index (χ0n) is 22.5. The highest BCUT2D eigenvalue weighted by atomic mass is 35.5. The van der Waals surface area contributed by atoms with Gasteiger partial charge in [-0.25, -0.2) is 13.2 Å². The van der Waals surface area contributed by atoms with Crippen LogP contribution in [0.25, 0.3) is 0 Å². The smallest absolute Gasteiger partial charge is 0.410 e. The number of rotatable bonds is 7. The minimum absolute atomic E-state index is 0.000461. The number of nitrogens with one attached hydrogen (secondary N) is 2. The van der Waals surface area contributed by atoms with Crippen molar-refractivity contribution in [1.82, 2.24) is 10.2 Å². The van der Waals surface area contributed by atoms with E-state index in [9.17, 15) is 23.4 Å². The van der Waals surface area contributed by atoms with Crippen LogP contribution in [0.1, 0.15) is 60.3 Å². The van der Waals surface area contributed by atoms with Gasteiger partial charge in [0.2, 0.25) is 6.35 Å². The lowest BCUT2D eigenvalue weighted by Gasteiger charge is -2.34. The van der Waals surface area contributed by atoms with E-state index < -0.39 is 43.8 Å². The summed E-state index contributed by atoms with van der Waals surface area (Å²) in [6.07, 6.45) is 6.53. The molecule has 2 atom stereocenters. The molecule has 1 amide bonds. The Labute approximate surface area is 230 Å². The van der Waals surface area contributed by atoms with Gasteiger partial charge in [0.05, 0.1) is 16.0 Å². The number of aromatic hydroxyl groups is 1. The molecule has 11 heteroatoms. The van der Waals surface area contributed by atoms with Crippen LogP contribution >= 0.6 is 11.6 Å². The molecule has 0 saturated carbocycles. The Kier molecular flexibility index (Phi) is 9.43. The highest BCUT2D eigenvalue weighted by Crippen LogP contribution is 2.40. The maximum Gasteiger partial charge on any atom is 0.410 e. The number of carbonyl (C=O) groups excluding carboxylic acids is 1. The molecule has 1 aromatic carbocycles. The van der Waals surface area contributed by atoms with Crippen molar-refractivity contribution in [2.75, 3.05) is 18.4 Å². The molecule has 0 bridgehead atoms. The molecule has 0 aromatic heterocycles. The van der Waals surface area contributed by atoms with Crippen molar-refractivity contribution in [3.8, 4) is 5.75 Å². The third kappa shape index (κ3) is 7.03. The molecule has 3 rings (SSSR count). The van der Waals surface area contributed by atoms with E-state index in [1.54, 1.807) is 20.8 Å². The zero-order valence-corrected chi connectivity index (χ0v) is 24.1. The third-order valence-electron chi connectivity index (χ3n) is 6.44. The number of benzene rings is 1. The third-order valence-corrected chi connectivity index (χ3v) is 9.11. The molecular formula is C27H38ClN3O6S. The van der Waals surface area contributed by atoms with Crippen LogP contribution in [0.3, 0.4) is 0 Å². The van der Waals surface area contributed by atoms with Crippen LogP contribution < -0.4 is 10.6 Å². The first-order chi connectivity index (χ1) is 17.7. The van der Waals surface area contributed by atoms with Gasteiger partial charge in [-0.05, 0) is 83.6 Å². The fourth-order valence-corrected chi connectivity index (χ4v) is 6.96. The van der Waals surface area contributed by atoms with Crippen molar-refractivity contribution in [3.05, 3.63) is 52.2 Å². The zero-order chi connectivity index (χ0) is 28.3. The van der Waals surface area contributed by atoms with Crippen LogP contribution in [-0.4, -0.2) is 59.9 Å². The van der Waals surface area contributed by atoms with Gasteiger partial charge in [0, 0.05) is 18.8 Å². The number of ether oxygens (including phenoxy) is 1. The van der Waals surface area contributed by atoms with Crippen molar-refractivity contribution in [2.24, 2.45) is 0 Å². The standard InChI is InChI=1S/C27H38ClN3O6S/c1-6-9-18-10-7-12-21(17(18)2)29-25(33)30-22-14-13-20(28)24(23(22)32)38(35,36)19-11-8-15-31(16-19)26(34)37-27(3,4)5/h6,9,12-14,19,25,29-30,32-33H,7-8,10-11,15-16H2,1-5H3/b9-6-/t19-,25?/m0/s1. The minimum Gasteiger partial charge on any atom is -0.504 e. The first-order valence-electron chi connectivity index (χ1n) is 12.7. The number of phenolic OH excluding ortho intramolecular Hbond substituents is 1. The van der Waals surface area contributed by atoms with Crippen molar-refractivity contribution >= 4 is 33.2 Å². The summed E-state index contributed by atoms with van der Waals surface area (Å²) in [5, 5.41) is 26.2. The van der Waals surface area contributed by atoms with Gasteiger partial charge in [-0.1, -0.05) is 29.8 Å². The van der Waals surface area contributed by atoms with E-state index in [1.807, 2.05) is 32.1 Å². The molecule has 1 aliphatic heterocycles. The fourth-order valence-electron chi connectivity index (χ4n) is 4.58. The van der Waals surface area contributed by atoms with Crippen LogP contribution in [0.2, 0.25) is 5.02 Å². The number of aliphatic hydroxyl groups excluding tert-OH is 1. The topological polar surface area (TPSA) is 128 Å². The number of halogens is 1. The van der Waals surface area contributed by atoms with Crippen LogP contribution in [0, 0.1) is 0 Å². The van der Waals surface area contributed by atoms with E-state index in [-0.39, 0.29) is 17.3 Å². The van der Waals surface area contributed by atoms with E-state index in [0.717, 1.165) is 29.7 Å². The molecule has 4 N–H and O–H groups in total. The molecule has 1 saturated heterocycles. The Bertz CT molecular complexity index is 1250. The summed E-state index contributed by atoms with van der Waals surface area (Å²) in [6, 6.07) is 2.76. The van der Waals surface area contributed by atoms with Gasteiger partial charge < -0.3 is 30.5 Å². The quantitative estimate of drug-likeness (QED) is 0.266. The van der Waals surface area contributed by atoms with Crippen molar-refractivity contribution in [3.63, 3.8) is 0 Å². The predicted octanol–water partition coefficient (Wildman–Crippen LogP) is 5.07. The van der Waals surface area contributed by atoms with Gasteiger partial charge in [0.25, 0.3) is 0 Å². The average molecular weight is 568 g/mol. The number of hydrogen-bond acceptors (Lipinski definition) is 8. The molecule has 38 heavy (non-hydrogen) atoms. The highest BCUT2D eigenvalue weighted by Gasteiger charge is 2.38. The first-order valence-corrected chi connectivity index (χ1v) is 14.6. The van der Waals surface area contributed by atoms with Gasteiger partial charge in [0.15, 0.2) is 15.6 Å². The summed E-state index contributed by atoms with van der Waals surface area (Å²) in [4.78, 5) is 13.5. The number of sulfone groups is 1. The molecule has 1 heterocycles. The summed E-state index contributed by atoms with van der Waals surface area (Å²) in [6.45, 7) is 9.42. The Balaban J connectivity index is 1.80. The maximum atomic E-state index is 13.6. The highest BCUT2D eigenvalue weighted by molar-refractivity contribution is 7.92. The Morgan fingerprint density at radius 2 is 2.00 bits per heavy atom.